The third-order valence-electron chi connectivity index (χ3n) is 2.21. The quantitative estimate of drug-likeness (QED) is 0.487. The first-order valence-electron chi connectivity index (χ1n) is 5.60. The van der Waals surface area contributed by atoms with Crippen molar-refractivity contribution in [1.82, 2.24) is 10.7 Å². The lowest BCUT2D eigenvalue weighted by molar-refractivity contribution is 0.392. The number of nitrogens with zero attached hydrogens (tertiary/aromatic N) is 1. The largest absolute Gasteiger partial charge is 0.496 e. The van der Waals surface area contributed by atoms with Crippen LogP contribution < -0.4 is 20.2 Å². The Labute approximate surface area is 126 Å². The van der Waals surface area contributed by atoms with Crippen LogP contribution in [0.1, 0.15) is 12.5 Å². The maximum atomic E-state index is 5.28. The van der Waals surface area contributed by atoms with Crippen molar-refractivity contribution in [2.24, 2.45) is 5.10 Å². The molecule has 0 saturated heterocycles. The standard InChI is InChI=1S/C12H16BrN3O2S/c1-4-14-12(19)16-15-7-8-5-9(13)11(18-3)6-10(8)17-2/h5-7H,4H2,1-3H3,(H2,14,16,19). The molecule has 7 heteroatoms. The molecule has 2 N–H and O–H groups in total. The molecule has 0 fully saturated rings. The molecule has 0 bridgehead atoms. The molecule has 0 atom stereocenters. The number of halogens is 1. The Morgan fingerprint density at radius 3 is 2.63 bits per heavy atom. The second-order valence-corrected chi connectivity index (χ2v) is 4.72. The summed E-state index contributed by atoms with van der Waals surface area (Å²) in [6.45, 7) is 2.71. The number of methoxy groups -OCH3 is 2. The molecule has 1 rings (SSSR count). The van der Waals surface area contributed by atoms with Crippen LogP contribution >= 0.6 is 28.1 Å². The molecule has 5 nitrogen and oxygen atoms in total. The van der Waals surface area contributed by atoms with Crippen molar-refractivity contribution in [2.45, 2.75) is 6.92 Å². The summed E-state index contributed by atoms with van der Waals surface area (Å²) in [7, 11) is 3.19. The van der Waals surface area contributed by atoms with E-state index in [4.69, 9.17) is 21.7 Å². The molecule has 0 aliphatic heterocycles. The van der Waals surface area contributed by atoms with Crippen LogP contribution in [0.3, 0.4) is 0 Å². The van der Waals surface area contributed by atoms with Crippen LogP contribution in [0.15, 0.2) is 21.7 Å². The van der Waals surface area contributed by atoms with Gasteiger partial charge in [-0.25, -0.2) is 0 Å². The lowest BCUT2D eigenvalue weighted by Crippen LogP contribution is -2.31. The molecular weight excluding hydrogens is 330 g/mol. The summed E-state index contributed by atoms with van der Waals surface area (Å²) >= 11 is 8.41. The summed E-state index contributed by atoms with van der Waals surface area (Å²) in [6, 6.07) is 3.65. The molecule has 0 spiro atoms. The van der Waals surface area contributed by atoms with Gasteiger partial charge in [-0.05, 0) is 41.1 Å². The van der Waals surface area contributed by atoms with Crippen molar-refractivity contribution in [3.8, 4) is 11.5 Å². The predicted octanol–water partition coefficient (Wildman–Crippen LogP) is 2.28. The SMILES string of the molecule is CCNC(=S)NN=Cc1cc(Br)c(OC)cc1OC. The predicted molar refractivity (Wildman–Crippen MR) is 84.3 cm³/mol. The van der Waals surface area contributed by atoms with Crippen LogP contribution in [-0.4, -0.2) is 32.1 Å². The molecule has 0 heterocycles. The maximum absolute atomic E-state index is 5.28. The number of thiocarbonyl (C=S) groups is 1. The molecule has 1 aromatic rings. The van der Waals surface area contributed by atoms with E-state index in [2.05, 4.69) is 31.8 Å². The molecule has 104 valence electrons. The van der Waals surface area contributed by atoms with Crippen LogP contribution in [0.5, 0.6) is 11.5 Å². The van der Waals surface area contributed by atoms with E-state index >= 15 is 0 Å². The van der Waals surface area contributed by atoms with Gasteiger partial charge >= 0.3 is 0 Å². The number of hydrazone groups is 1. The zero-order valence-corrected chi connectivity index (χ0v) is 13.4. The molecule has 0 aromatic heterocycles. The van der Waals surface area contributed by atoms with E-state index < -0.39 is 0 Å². The number of nitrogens with one attached hydrogen (secondary N) is 2. The van der Waals surface area contributed by atoms with Gasteiger partial charge in [0.15, 0.2) is 5.11 Å². The van der Waals surface area contributed by atoms with Crippen molar-refractivity contribution in [2.75, 3.05) is 20.8 Å². The van der Waals surface area contributed by atoms with Crippen molar-refractivity contribution < 1.29 is 9.47 Å². The van der Waals surface area contributed by atoms with E-state index in [9.17, 15) is 0 Å². The van der Waals surface area contributed by atoms with Crippen LogP contribution in [0.25, 0.3) is 0 Å². The lowest BCUT2D eigenvalue weighted by Gasteiger charge is -2.09. The van der Waals surface area contributed by atoms with E-state index in [1.165, 1.54) is 0 Å². The normalized spacial score (nSPS) is 10.3. The summed E-state index contributed by atoms with van der Waals surface area (Å²) < 4.78 is 11.3. The van der Waals surface area contributed by atoms with Gasteiger partial charge in [0, 0.05) is 18.2 Å². The fourth-order valence-corrected chi connectivity index (χ4v) is 2.06. The molecule has 19 heavy (non-hydrogen) atoms. The number of rotatable bonds is 5. The summed E-state index contributed by atoms with van der Waals surface area (Å²) in [6.07, 6.45) is 1.63. The van der Waals surface area contributed by atoms with Gasteiger partial charge < -0.3 is 14.8 Å². The molecule has 0 unspecified atom stereocenters. The van der Waals surface area contributed by atoms with E-state index in [1.807, 2.05) is 13.0 Å². The Balaban J connectivity index is 2.85. The molecule has 0 amide bonds. The molecule has 0 radical (unpaired) electrons. The minimum Gasteiger partial charge on any atom is -0.496 e. The third-order valence-corrected chi connectivity index (χ3v) is 3.07. The smallest absolute Gasteiger partial charge is 0.186 e. The van der Waals surface area contributed by atoms with Crippen molar-refractivity contribution in [3.05, 3.63) is 22.2 Å². The Kier molecular flexibility index (Phi) is 6.58. The van der Waals surface area contributed by atoms with Gasteiger partial charge in [-0.3, -0.25) is 5.43 Å². The number of hydrogen-bond acceptors (Lipinski definition) is 4. The van der Waals surface area contributed by atoms with Gasteiger partial charge in [0.05, 0.1) is 24.9 Å². The van der Waals surface area contributed by atoms with Crippen molar-refractivity contribution >= 4 is 39.5 Å². The fourth-order valence-electron chi connectivity index (χ4n) is 1.34. The van der Waals surface area contributed by atoms with Crippen molar-refractivity contribution in [3.63, 3.8) is 0 Å². The minimum atomic E-state index is 0.477. The first kappa shape index (κ1) is 15.7. The van der Waals surface area contributed by atoms with Crippen LogP contribution in [0.2, 0.25) is 0 Å². The summed E-state index contributed by atoms with van der Waals surface area (Å²) in [4.78, 5) is 0. The summed E-state index contributed by atoms with van der Waals surface area (Å²) in [5.74, 6) is 1.37. The average Bonchev–Trinajstić information content (AvgIpc) is 2.39. The molecular formula is C12H16BrN3O2S. The summed E-state index contributed by atoms with van der Waals surface area (Å²) in [5, 5.41) is 7.46. The Hall–Kier alpha value is -1.34. The average molecular weight is 346 g/mol. The van der Waals surface area contributed by atoms with Gasteiger partial charge in [0.25, 0.3) is 0 Å². The third kappa shape index (κ3) is 4.68. The number of benzene rings is 1. The second-order valence-electron chi connectivity index (χ2n) is 3.46. The van der Waals surface area contributed by atoms with E-state index in [1.54, 1.807) is 26.5 Å². The molecule has 0 aliphatic rings. The number of hydrogen-bond donors (Lipinski definition) is 2. The first-order valence-corrected chi connectivity index (χ1v) is 6.80. The molecule has 0 saturated carbocycles. The lowest BCUT2D eigenvalue weighted by atomic mass is 10.2. The van der Waals surface area contributed by atoms with Gasteiger partial charge in [-0.2, -0.15) is 5.10 Å². The highest BCUT2D eigenvalue weighted by Gasteiger charge is 2.07. The maximum Gasteiger partial charge on any atom is 0.186 e. The highest BCUT2D eigenvalue weighted by Crippen LogP contribution is 2.31. The second kappa shape index (κ2) is 7.96. The molecule has 0 aliphatic carbocycles. The van der Waals surface area contributed by atoms with Gasteiger partial charge in [0.2, 0.25) is 0 Å². The highest BCUT2D eigenvalue weighted by molar-refractivity contribution is 9.10. The van der Waals surface area contributed by atoms with E-state index in [-0.39, 0.29) is 0 Å². The Bertz CT molecular complexity index is 480. The van der Waals surface area contributed by atoms with E-state index in [0.717, 1.165) is 16.6 Å². The van der Waals surface area contributed by atoms with Crippen molar-refractivity contribution in [1.29, 1.82) is 0 Å². The monoisotopic (exact) mass is 345 g/mol. The van der Waals surface area contributed by atoms with Crippen LogP contribution in [0.4, 0.5) is 0 Å². The Morgan fingerprint density at radius 1 is 1.37 bits per heavy atom. The van der Waals surface area contributed by atoms with Crippen LogP contribution in [-0.2, 0) is 0 Å². The zero-order valence-electron chi connectivity index (χ0n) is 11.0. The fraction of sp³-hybridized carbons (Fsp3) is 0.333. The Morgan fingerprint density at radius 2 is 2.05 bits per heavy atom. The van der Waals surface area contributed by atoms with E-state index in [0.29, 0.717) is 16.6 Å². The first-order chi connectivity index (χ1) is 9.12. The van der Waals surface area contributed by atoms with Gasteiger partial charge in [-0.15, -0.1) is 0 Å². The van der Waals surface area contributed by atoms with Crippen LogP contribution in [0, 0.1) is 0 Å². The molecule has 1 aromatic carbocycles. The van der Waals surface area contributed by atoms with Gasteiger partial charge in [-0.1, -0.05) is 0 Å². The number of ether oxygens (including phenoxy) is 2. The highest BCUT2D eigenvalue weighted by atomic mass is 79.9. The summed E-state index contributed by atoms with van der Waals surface area (Å²) in [5.41, 5.74) is 3.53. The zero-order chi connectivity index (χ0) is 14.3. The van der Waals surface area contributed by atoms with Gasteiger partial charge in [0.1, 0.15) is 11.5 Å². The minimum absolute atomic E-state index is 0.477. The topological polar surface area (TPSA) is 54.9 Å².